The molecule has 4 saturated heterocycles. The van der Waals surface area contributed by atoms with Gasteiger partial charge < -0.3 is 14.7 Å². The van der Waals surface area contributed by atoms with Crippen LogP contribution in [-0.4, -0.2) is 87.8 Å². The summed E-state index contributed by atoms with van der Waals surface area (Å²) in [6, 6.07) is 4.14. The molecule has 0 spiro atoms. The van der Waals surface area contributed by atoms with Crippen molar-refractivity contribution in [3.8, 4) is 0 Å². The summed E-state index contributed by atoms with van der Waals surface area (Å²) in [6.45, 7) is 4.63. The largest absolute Gasteiger partial charge is 0.339 e. The van der Waals surface area contributed by atoms with Crippen LogP contribution < -0.4 is 0 Å². The van der Waals surface area contributed by atoms with Gasteiger partial charge in [-0.2, -0.15) is 11.8 Å². The van der Waals surface area contributed by atoms with E-state index in [4.69, 9.17) is 0 Å². The summed E-state index contributed by atoms with van der Waals surface area (Å²) in [5, 5.41) is 0. The Morgan fingerprint density at radius 2 is 2.03 bits per heavy atom. The molecule has 2 bridgehead atoms. The molecule has 4 atom stereocenters. The number of piperidine rings is 3. The first kappa shape index (κ1) is 20.3. The molecule has 0 N–H and O–H groups in total. The predicted octanol–water partition coefficient (Wildman–Crippen LogP) is 1.90. The SMILES string of the molecule is O=C([C@H]1[C@H]2C[C@H](CN(CCc3cccnc3)C2)[C@@H]2CCCC(=O)N21)N1CCSCC1. The van der Waals surface area contributed by atoms with E-state index in [1.807, 2.05) is 35.1 Å². The lowest BCUT2D eigenvalue weighted by atomic mass is 9.71. The van der Waals surface area contributed by atoms with Crippen LogP contribution in [0, 0.1) is 11.8 Å². The molecule has 5 rings (SSSR count). The van der Waals surface area contributed by atoms with Gasteiger partial charge in [0.25, 0.3) is 0 Å². The molecule has 0 aliphatic carbocycles. The van der Waals surface area contributed by atoms with Gasteiger partial charge in [-0.3, -0.25) is 14.6 Å². The van der Waals surface area contributed by atoms with E-state index in [1.165, 1.54) is 5.56 Å². The Bertz CT molecular complexity index is 770. The van der Waals surface area contributed by atoms with Gasteiger partial charge in [-0.15, -0.1) is 0 Å². The highest BCUT2D eigenvalue weighted by atomic mass is 32.2. The van der Waals surface area contributed by atoms with Crippen LogP contribution in [0.3, 0.4) is 0 Å². The fraction of sp³-hybridized carbons (Fsp3) is 0.696. The van der Waals surface area contributed by atoms with Crippen molar-refractivity contribution in [3.05, 3.63) is 30.1 Å². The molecule has 6 nitrogen and oxygen atoms in total. The highest BCUT2D eigenvalue weighted by molar-refractivity contribution is 7.99. The number of carbonyl (C=O) groups excluding carboxylic acids is 2. The highest BCUT2D eigenvalue weighted by Crippen LogP contribution is 2.42. The number of rotatable bonds is 4. The summed E-state index contributed by atoms with van der Waals surface area (Å²) in [5.41, 5.74) is 1.26. The van der Waals surface area contributed by atoms with E-state index in [9.17, 15) is 9.59 Å². The molecule has 4 aliphatic rings. The molecule has 2 amide bonds. The minimum Gasteiger partial charge on any atom is -0.339 e. The van der Waals surface area contributed by atoms with Gasteiger partial charge in [0.2, 0.25) is 11.8 Å². The van der Waals surface area contributed by atoms with Crippen LogP contribution in [0.2, 0.25) is 0 Å². The summed E-state index contributed by atoms with van der Waals surface area (Å²) in [7, 11) is 0. The number of carbonyl (C=O) groups is 2. The number of likely N-dealkylation sites (tertiary alicyclic amines) is 1. The molecule has 7 heteroatoms. The minimum absolute atomic E-state index is 0.216. The molecule has 162 valence electrons. The zero-order valence-corrected chi connectivity index (χ0v) is 18.4. The summed E-state index contributed by atoms with van der Waals surface area (Å²) in [4.78, 5) is 37.5. The zero-order valence-electron chi connectivity index (χ0n) is 17.6. The van der Waals surface area contributed by atoms with E-state index in [0.29, 0.717) is 12.3 Å². The van der Waals surface area contributed by atoms with E-state index >= 15 is 0 Å². The van der Waals surface area contributed by atoms with Gasteiger partial charge >= 0.3 is 0 Å². The number of nitrogens with zero attached hydrogens (tertiary/aromatic N) is 4. The first-order valence-electron chi connectivity index (χ1n) is 11.5. The van der Waals surface area contributed by atoms with Crippen molar-refractivity contribution in [1.82, 2.24) is 19.7 Å². The lowest BCUT2D eigenvalue weighted by molar-refractivity contribution is -0.165. The average Bonchev–Trinajstić information content (AvgIpc) is 2.79. The Balaban J connectivity index is 1.35. The molecule has 30 heavy (non-hydrogen) atoms. The lowest BCUT2D eigenvalue weighted by Gasteiger charge is -2.56. The Kier molecular flexibility index (Phi) is 6.01. The van der Waals surface area contributed by atoms with Crippen LogP contribution >= 0.6 is 11.8 Å². The molecule has 0 saturated carbocycles. The fourth-order valence-corrected chi connectivity index (χ4v) is 6.96. The summed E-state index contributed by atoms with van der Waals surface area (Å²) in [6.07, 6.45) is 8.49. The molecular weight excluding hydrogens is 396 g/mol. The number of hydrogen-bond donors (Lipinski definition) is 0. The van der Waals surface area contributed by atoms with E-state index in [2.05, 4.69) is 20.9 Å². The molecule has 0 aromatic carbocycles. The summed E-state index contributed by atoms with van der Waals surface area (Å²) in [5.74, 6) is 3.23. The van der Waals surface area contributed by atoms with Gasteiger partial charge in [0.15, 0.2) is 0 Å². The second-order valence-corrected chi connectivity index (χ2v) is 10.5. The van der Waals surface area contributed by atoms with Gasteiger partial charge in [0.1, 0.15) is 6.04 Å². The Labute approximate surface area is 183 Å². The maximum absolute atomic E-state index is 13.6. The zero-order chi connectivity index (χ0) is 20.5. The number of thioether (sulfide) groups is 1. The van der Waals surface area contributed by atoms with Crippen molar-refractivity contribution in [1.29, 1.82) is 0 Å². The van der Waals surface area contributed by atoms with E-state index in [-0.39, 0.29) is 29.8 Å². The van der Waals surface area contributed by atoms with Gasteiger partial charge in [-0.1, -0.05) is 6.07 Å². The number of amides is 2. The Morgan fingerprint density at radius 3 is 2.83 bits per heavy atom. The molecular formula is C23H32N4O2S. The molecule has 1 aromatic rings. The quantitative estimate of drug-likeness (QED) is 0.733. The van der Waals surface area contributed by atoms with Crippen molar-refractivity contribution in [2.75, 3.05) is 44.2 Å². The lowest BCUT2D eigenvalue weighted by Crippen LogP contribution is -2.69. The third-order valence-electron chi connectivity index (χ3n) is 7.43. The third-order valence-corrected chi connectivity index (χ3v) is 8.37. The van der Waals surface area contributed by atoms with Crippen molar-refractivity contribution >= 4 is 23.6 Å². The molecule has 0 unspecified atom stereocenters. The summed E-state index contributed by atoms with van der Waals surface area (Å²) >= 11 is 1.92. The van der Waals surface area contributed by atoms with Crippen molar-refractivity contribution < 1.29 is 9.59 Å². The van der Waals surface area contributed by atoms with Crippen molar-refractivity contribution in [3.63, 3.8) is 0 Å². The number of fused-ring (bicyclic) bond motifs is 4. The maximum Gasteiger partial charge on any atom is 0.245 e. The highest BCUT2D eigenvalue weighted by Gasteiger charge is 2.52. The molecule has 4 fully saturated rings. The first-order valence-corrected chi connectivity index (χ1v) is 12.6. The number of hydrogen-bond acceptors (Lipinski definition) is 5. The monoisotopic (exact) mass is 428 g/mol. The maximum atomic E-state index is 13.6. The van der Waals surface area contributed by atoms with Crippen LogP contribution in [0.15, 0.2) is 24.5 Å². The van der Waals surface area contributed by atoms with Crippen molar-refractivity contribution in [2.45, 2.75) is 44.2 Å². The molecule has 5 heterocycles. The second-order valence-electron chi connectivity index (χ2n) is 9.27. The fourth-order valence-electron chi connectivity index (χ4n) is 6.06. The van der Waals surface area contributed by atoms with Gasteiger partial charge in [-0.25, -0.2) is 0 Å². The van der Waals surface area contributed by atoms with Crippen LogP contribution in [-0.2, 0) is 16.0 Å². The Morgan fingerprint density at radius 1 is 1.20 bits per heavy atom. The van der Waals surface area contributed by atoms with E-state index in [1.54, 1.807) is 0 Å². The average molecular weight is 429 g/mol. The minimum atomic E-state index is -0.247. The number of aromatic nitrogens is 1. The second kappa shape index (κ2) is 8.87. The van der Waals surface area contributed by atoms with Crippen LogP contribution in [0.4, 0.5) is 0 Å². The van der Waals surface area contributed by atoms with Crippen LogP contribution in [0.5, 0.6) is 0 Å². The first-order chi connectivity index (χ1) is 14.7. The molecule has 4 aliphatic heterocycles. The Hall–Kier alpha value is -1.60. The molecule has 1 aromatic heterocycles. The molecule has 0 radical (unpaired) electrons. The number of pyridine rings is 1. The van der Waals surface area contributed by atoms with Crippen LogP contribution in [0.1, 0.15) is 31.2 Å². The third kappa shape index (κ3) is 3.98. The van der Waals surface area contributed by atoms with E-state index in [0.717, 1.165) is 69.9 Å². The normalized spacial score (nSPS) is 32.1. The predicted molar refractivity (Wildman–Crippen MR) is 118 cm³/mol. The van der Waals surface area contributed by atoms with Gasteiger partial charge in [0.05, 0.1) is 0 Å². The van der Waals surface area contributed by atoms with Gasteiger partial charge in [-0.05, 0) is 43.2 Å². The van der Waals surface area contributed by atoms with E-state index < -0.39 is 0 Å². The topological polar surface area (TPSA) is 56.8 Å². The standard InChI is InChI=1S/C23H32N4O2S/c28-21-5-1-4-20-18-13-19(16-25(15-18)8-6-17-3-2-7-24-14-17)22(27(20)21)23(29)26-9-11-30-12-10-26/h2-3,7,14,18-20,22H,1,4-6,8-13,15-16H2/t18-,19+,20+,22-/m1/s1. The van der Waals surface area contributed by atoms with Crippen molar-refractivity contribution in [2.24, 2.45) is 11.8 Å². The smallest absolute Gasteiger partial charge is 0.245 e. The summed E-state index contributed by atoms with van der Waals surface area (Å²) < 4.78 is 0. The van der Waals surface area contributed by atoms with Gasteiger partial charge in [0, 0.05) is 75.0 Å². The van der Waals surface area contributed by atoms with Crippen LogP contribution in [0.25, 0.3) is 0 Å².